The molecule has 0 aliphatic carbocycles. The fourth-order valence-electron chi connectivity index (χ4n) is 4.99. The lowest BCUT2D eigenvalue weighted by atomic mass is 10.1. The van der Waals surface area contributed by atoms with Crippen molar-refractivity contribution >= 4 is 39.9 Å². The SMILES string of the molecule is O=C(NCCO)c1c[nH]c2ncnc(N3CCC[C@H]3c3nn4ccc(Cl)c4c(=O)n3-c3ccccc3)c12. The van der Waals surface area contributed by atoms with Crippen molar-refractivity contribution in [2.75, 3.05) is 24.6 Å². The quantitative estimate of drug-likeness (QED) is 0.314. The number of hydrogen-bond acceptors (Lipinski definition) is 7. The highest BCUT2D eigenvalue weighted by Gasteiger charge is 2.34. The van der Waals surface area contributed by atoms with Crippen LogP contribution in [0.15, 0.2) is 59.9 Å². The molecule has 1 aliphatic rings. The standard InChI is InChI=1S/C25H23ClN8O3/c26-17-8-11-33-20(17)25(37)34(15-5-2-1-3-6-15)22(31-33)18-7-4-10-32(18)23-19-16(24(36)27-9-12-35)13-28-21(19)29-14-30-23/h1-3,5-6,8,11,13-14,18,35H,4,7,9-10,12H2,(H,27,36)(H,28,29,30)/t18-/m0/s1. The van der Waals surface area contributed by atoms with E-state index in [-0.39, 0.29) is 30.7 Å². The molecular formula is C25H23ClN8O3. The number of aliphatic hydroxyl groups is 1. The maximum atomic E-state index is 13.7. The predicted molar refractivity (Wildman–Crippen MR) is 138 cm³/mol. The molecule has 4 aromatic heterocycles. The number of carbonyl (C=O) groups is 1. The molecule has 0 spiro atoms. The summed E-state index contributed by atoms with van der Waals surface area (Å²) in [6, 6.07) is 10.7. The average Bonchev–Trinajstić information content (AvgIpc) is 3.66. The molecule has 12 heteroatoms. The lowest BCUT2D eigenvalue weighted by Gasteiger charge is -2.28. The zero-order chi connectivity index (χ0) is 25.5. The first-order valence-corrected chi connectivity index (χ1v) is 12.3. The van der Waals surface area contributed by atoms with Crippen molar-refractivity contribution in [2.24, 2.45) is 0 Å². The van der Waals surface area contributed by atoms with Crippen LogP contribution in [0, 0.1) is 0 Å². The minimum absolute atomic E-state index is 0.133. The van der Waals surface area contributed by atoms with Crippen LogP contribution in [0.2, 0.25) is 5.02 Å². The van der Waals surface area contributed by atoms with E-state index in [0.717, 1.165) is 12.8 Å². The summed E-state index contributed by atoms with van der Waals surface area (Å²) in [5.74, 6) is 0.777. The third kappa shape index (κ3) is 3.83. The van der Waals surface area contributed by atoms with Crippen LogP contribution in [-0.4, -0.2) is 59.8 Å². The first-order chi connectivity index (χ1) is 18.1. The Morgan fingerprint density at radius 1 is 1.22 bits per heavy atom. The Bertz CT molecular complexity index is 1680. The second-order valence-corrected chi connectivity index (χ2v) is 9.15. The van der Waals surface area contributed by atoms with E-state index in [1.165, 1.54) is 10.8 Å². The average molecular weight is 519 g/mol. The number of carbonyl (C=O) groups excluding carboxylic acids is 1. The molecule has 188 valence electrons. The number of rotatable bonds is 6. The van der Waals surface area contributed by atoms with E-state index in [9.17, 15) is 9.59 Å². The summed E-state index contributed by atoms with van der Waals surface area (Å²) in [5, 5.41) is 17.6. The molecule has 0 bridgehead atoms. The van der Waals surface area contributed by atoms with Gasteiger partial charge in [-0.1, -0.05) is 29.8 Å². The number of aromatic nitrogens is 6. The summed E-state index contributed by atoms with van der Waals surface area (Å²) in [6.07, 6.45) is 6.28. The van der Waals surface area contributed by atoms with Gasteiger partial charge in [0.15, 0.2) is 5.82 Å². The summed E-state index contributed by atoms with van der Waals surface area (Å²) in [7, 11) is 0. The third-order valence-electron chi connectivity index (χ3n) is 6.59. The summed E-state index contributed by atoms with van der Waals surface area (Å²) in [4.78, 5) is 40.6. The van der Waals surface area contributed by atoms with E-state index in [4.69, 9.17) is 21.8 Å². The fraction of sp³-hybridized carbons (Fsp3) is 0.240. The molecule has 1 aromatic carbocycles. The molecule has 3 N–H and O–H groups in total. The zero-order valence-corrected chi connectivity index (χ0v) is 20.4. The van der Waals surface area contributed by atoms with Gasteiger partial charge in [0, 0.05) is 25.5 Å². The van der Waals surface area contributed by atoms with Crippen LogP contribution in [0.4, 0.5) is 5.82 Å². The van der Waals surface area contributed by atoms with Gasteiger partial charge in [-0.05, 0) is 31.0 Å². The molecule has 11 nitrogen and oxygen atoms in total. The molecule has 0 radical (unpaired) electrons. The Balaban J connectivity index is 1.53. The first-order valence-electron chi connectivity index (χ1n) is 11.9. The minimum Gasteiger partial charge on any atom is -0.395 e. The number of aromatic amines is 1. The zero-order valence-electron chi connectivity index (χ0n) is 19.6. The van der Waals surface area contributed by atoms with E-state index < -0.39 is 0 Å². The van der Waals surface area contributed by atoms with Crippen molar-refractivity contribution < 1.29 is 9.90 Å². The highest BCUT2D eigenvalue weighted by molar-refractivity contribution is 6.33. The van der Waals surface area contributed by atoms with Crippen molar-refractivity contribution in [3.8, 4) is 5.69 Å². The second kappa shape index (κ2) is 9.34. The van der Waals surface area contributed by atoms with Crippen molar-refractivity contribution in [3.05, 3.63) is 81.9 Å². The Kier molecular flexibility index (Phi) is 5.85. The molecule has 1 atom stereocenters. The van der Waals surface area contributed by atoms with E-state index in [0.29, 0.717) is 51.0 Å². The number of aliphatic hydroxyl groups excluding tert-OH is 1. The Morgan fingerprint density at radius 2 is 2.05 bits per heavy atom. The number of nitrogens with one attached hydrogen (secondary N) is 2. The molecule has 1 fully saturated rings. The molecule has 1 aliphatic heterocycles. The monoisotopic (exact) mass is 518 g/mol. The number of amides is 1. The van der Waals surface area contributed by atoms with Gasteiger partial charge in [-0.2, -0.15) is 5.10 Å². The van der Waals surface area contributed by atoms with Gasteiger partial charge in [-0.15, -0.1) is 0 Å². The maximum Gasteiger partial charge on any atom is 0.284 e. The van der Waals surface area contributed by atoms with Crippen LogP contribution in [0.25, 0.3) is 22.2 Å². The summed E-state index contributed by atoms with van der Waals surface area (Å²) < 4.78 is 3.13. The van der Waals surface area contributed by atoms with Gasteiger partial charge in [0.2, 0.25) is 0 Å². The van der Waals surface area contributed by atoms with Crippen LogP contribution < -0.4 is 15.8 Å². The minimum atomic E-state index is -0.338. The topological polar surface area (TPSA) is 133 Å². The highest BCUT2D eigenvalue weighted by atomic mass is 35.5. The van der Waals surface area contributed by atoms with Crippen LogP contribution in [0.1, 0.15) is 35.1 Å². The largest absolute Gasteiger partial charge is 0.395 e. The van der Waals surface area contributed by atoms with Gasteiger partial charge in [0.1, 0.15) is 23.3 Å². The normalized spacial score (nSPS) is 15.6. The summed E-state index contributed by atoms with van der Waals surface area (Å²) in [5.41, 5.74) is 1.62. The summed E-state index contributed by atoms with van der Waals surface area (Å²) >= 11 is 6.35. The number of anilines is 1. The number of hydrogen-bond donors (Lipinski definition) is 3. The van der Waals surface area contributed by atoms with Gasteiger partial charge in [0.25, 0.3) is 11.5 Å². The number of fused-ring (bicyclic) bond motifs is 2. The molecule has 1 amide bonds. The molecule has 6 rings (SSSR count). The molecule has 37 heavy (non-hydrogen) atoms. The lowest BCUT2D eigenvalue weighted by molar-refractivity contribution is 0.0946. The van der Waals surface area contributed by atoms with Crippen LogP contribution >= 0.6 is 11.6 Å². The Labute approximate surface area is 215 Å². The van der Waals surface area contributed by atoms with Crippen LogP contribution in [0.5, 0.6) is 0 Å². The number of benzene rings is 1. The van der Waals surface area contributed by atoms with Gasteiger partial charge in [0.05, 0.1) is 34.3 Å². The number of para-hydroxylation sites is 1. The van der Waals surface area contributed by atoms with Gasteiger partial charge in [-0.25, -0.2) is 14.5 Å². The van der Waals surface area contributed by atoms with Crippen molar-refractivity contribution in [3.63, 3.8) is 0 Å². The number of halogens is 1. The van der Waals surface area contributed by atoms with Crippen LogP contribution in [0.3, 0.4) is 0 Å². The Morgan fingerprint density at radius 3 is 2.86 bits per heavy atom. The number of nitrogens with zero attached hydrogens (tertiary/aromatic N) is 6. The summed E-state index contributed by atoms with van der Waals surface area (Å²) in [6.45, 7) is 0.614. The molecular weight excluding hydrogens is 496 g/mol. The molecule has 5 heterocycles. The van der Waals surface area contributed by atoms with Gasteiger partial charge in [-0.3, -0.25) is 14.2 Å². The first kappa shape index (κ1) is 23.2. The van der Waals surface area contributed by atoms with Gasteiger partial charge < -0.3 is 20.3 Å². The smallest absolute Gasteiger partial charge is 0.284 e. The molecule has 5 aromatic rings. The van der Waals surface area contributed by atoms with E-state index >= 15 is 0 Å². The second-order valence-electron chi connectivity index (χ2n) is 8.75. The van der Waals surface area contributed by atoms with Crippen molar-refractivity contribution in [2.45, 2.75) is 18.9 Å². The molecule has 0 saturated carbocycles. The highest BCUT2D eigenvalue weighted by Crippen LogP contribution is 2.38. The lowest BCUT2D eigenvalue weighted by Crippen LogP contribution is -2.33. The fourth-order valence-corrected chi connectivity index (χ4v) is 5.21. The Hall–Kier alpha value is -4.22. The molecule has 1 saturated heterocycles. The van der Waals surface area contributed by atoms with E-state index in [2.05, 4.69) is 25.2 Å². The van der Waals surface area contributed by atoms with E-state index in [1.54, 1.807) is 23.0 Å². The van der Waals surface area contributed by atoms with Crippen LogP contribution in [-0.2, 0) is 0 Å². The van der Waals surface area contributed by atoms with Crippen molar-refractivity contribution in [1.82, 2.24) is 34.4 Å². The molecule has 0 unspecified atom stereocenters. The van der Waals surface area contributed by atoms with Crippen molar-refractivity contribution in [1.29, 1.82) is 0 Å². The predicted octanol–water partition coefficient (Wildman–Crippen LogP) is 2.47. The maximum absolute atomic E-state index is 13.7. The number of H-pyrrole nitrogens is 1. The van der Waals surface area contributed by atoms with E-state index in [1.807, 2.05) is 30.3 Å². The third-order valence-corrected chi connectivity index (χ3v) is 6.90. The van der Waals surface area contributed by atoms with Gasteiger partial charge >= 0.3 is 0 Å².